The number of carboxylic acids is 1. The van der Waals surface area contributed by atoms with Crippen LogP contribution in [-0.2, 0) is 10.0 Å². The largest absolute Gasteiger partial charge is 0.478 e. The molecule has 0 saturated carbocycles. The van der Waals surface area contributed by atoms with Gasteiger partial charge in [0.25, 0.3) is 16.4 Å². The summed E-state index contributed by atoms with van der Waals surface area (Å²) in [5, 5.41) is 19.3. The number of alkyl halides is 2. The molecular weight excluding hydrogens is 658 g/mol. The number of halogens is 5. The lowest BCUT2D eigenvalue weighted by Gasteiger charge is -2.16. The fourth-order valence-corrected chi connectivity index (χ4v) is 7.19. The molecule has 7 nitrogen and oxygen atoms in total. The summed E-state index contributed by atoms with van der Waals surface area (Å²) < 4.78 is 86.1. The minimum Gasteiger partial charge on any atom is -0.478 e. The van der Waals surface area contributed by atoms with E-state index in [9.17, 15) is 41.1 Å². The summed E-state index contributed by atoms with van der Waals surface area (Å²) in [6.45, 7) is 0. The Morgan fingerprint density at radius 3 is 2.34 bits per heavy atom. The van der Waals surface area contributed by atoms with Crippen LogP contribution in [0, 0.1) is 23.0 Å². The lowest BCUT2D eigenvalue weighted by atomic mass is 9.94. The van der Waals surface area contributed by atoms with Gasteiger partial charge in [0.1, 0.15) is 11.6 Å². The Morgan fingerprint density at radius 1 is 0.936 bits per heavy atom. The predicted octanol–water partition coefficient (Wildman–Crippen LogP) is 8.71. The quantitative estimate of drug-likeness (QED) is 0.169. The zero-order chi connectivity index (χ0) is 33.6. The maximum Gasteiger partial charge on any atom is 0.338 e. The topological polar surface area (TPSA) is 113 Å². The fraction of sp³-hybridized carbons (Fsp3) is 0.0294. The molecule has 0 fully saturated rings. The molecule has 2 heterocycles. The van der Waals surface area contributed by atoms with Gasteiger partial charge in [0.2, 0.25) is 0 Å². The van der Waals surface area contributed by atoms with Crippen LogP contribution in [0.5, 0.6) is 0 Å². The molecule has 0 radical (unpaired) electrons. The summed E-state index contributed by atoms with van der Waals surface area (Å²) >= 11 is 6.38. The zero-order valence-electron chi connectivity index (χ0n) is 23.6. The first-order valence-electron chi connectivity index (χ1n) is 13.6. The average molecular weight is 676 g/mol. The Morgan fingerprint density at radius 2 is 1.66 bits per heavy atom. The summed E-state index contributed by atoms with van der Waals surface area (Å²) in [5.74, 6) is -3.29. The van der Waals surface area contributed by atoms with E-state index in [-0.39, 0.29) is 59.9 Å². The molecule has 1 N–H and O–H groups in total. The standard InChI is InChI=1S/C34H18ClF4N3O4S/c35-28-14-25(34(43)44)29(37)15-24(28)19-2-1-3-20(12-19)32-31(27-17-41-11-10-21(27)16-40)26-13-22(36)6-9-30(26)42(32)47(45,46)23-7-4-18(5-8-23)33(38)39/h1-15,17,33H,(H,43,44). The monoisotopic (exact) mass is 675 g/mol. The maximum absolute atomic E-state index is 14.9. The van der Waals surface area contributed by atoms with Crippen molar-refractivity contribution in [1.29, 1.82) is 5.26 Å². The third kappa shape index (κ3) is 5.49. The molecule has 6 rings (SSSR count). The first-order valence-corrected chi connectivity index (χ1v) is 15.4. The number of carbonyl (C=O) groups is 1. The van der Waals surface area contributed by atoms with E-state index in [1.54, 1.807) is 6.07 Å². The van der Waals surface area contributed by atoms with Crippen molar-refractivity contribution >= 4 is 38.5 Å². The summed E-state index contributed by atoms with van der Waals surface area (Å²) in [6, 6.07) is 18.8. The van der Waals surface area contributed by atoms with Crippen LogP contribution in [0.3, 0.4) is 0 Å². The van der Waals surface area contributed by atoms with Crippen molar-refractivity contribution in [3.8, 4) is 39.6 Å². The van der Waals surface area contributed by atoms with Gasteiger partial charge in [-0.1, -0.05) is 41.9 Å². The fourth-order valence-electron chi connectivity index (χ4n) is 5.37. The van der Waals surface area contributed by atoms with E-state index in [1.165, 1.54) is 42.7 Å². The highest BCUT2D eigenvalue weighted by molar-refractivity contribution is 7.90. The molecule has 0 saturated heterocycles. The van der Waals surface area contributed by atoms with Crippen LogP contribution in [0.1, 0.15) is 27.9 Å². The van der Waals surface area contributed by atoms with Crippen molar-refractivity contribution in [2.75, 3.05) is 0 Å². The molecule has 0 aliphatic carbocycles. The third-order valence-corrected chi connectivity index (χ3v) is 9.54. The summed E-state index contributed by atoms with van der Waals surface area (Å²) in [7, 11) is -4.62. The lowest BCUT2D eigenvalue weighted by molar-refractivity contribution is 0.0692. The number of hydrogen-bond acceptors (Lipinski definition) is 5. The van der Waals surface area contributed by atoms with Gasteiger partial charge in [-0.25, -0.2) is 34.7 Å². The minimum absolute atomic E-state index is 0.00219. The van der Waals surface area contributed by atoms with E-state index < -0.39 is 45.2 Å². The Labute approximate surface area is 269 Å². The second-order valence-electron chi connectivity index (χ2n) is 10.3. The minimum atomic E-state index is -4.62. The number of rotatable bonds is 7. The predicted molar refractivity (Wildman–Crippen MR) is 167 cm³/mol. The number of nitrogens with zero attached hydrogens (tertiary/aromatic N) is 3. The van der Waals surface area contributed by atoms with Crippen LogP contribution >= 0.6 is 11.6 Å². The lowest BCUT2D eigenvalue weighted by Crippen LogP contribution is -2.14. The zero-order valence-corrected chi connectivity index (χ0v) is 25.2. The first kappa shape index (κ1) is 31.5. The van der Waals surface area contributed by atoms with Crippen LogP contribution in [0.2, 0.25) is 5.02 Å². The number of nitriles is 1. The van der Waals surface area contributed by atoms with E-state index >= 15 is 0 Å². The Balaban J connectivity index is 1.72. The Kier molecular flexibility index (Phi) is 8.05. The molecule has 4 aromatic carbocycles. The molecule has 0 bridgehead atoms. The summed E-state index contributed by atoms with van der Waals surface area (Å²) in [6.07, 6.45) is -0.152. The second kappa shape index (κ2) is 12.0. The summed E-state index contributed by atoms with van der Waals surface area (Å²) in [4.78, 5) is 15.2. The molecular formula is C34H18ClF4N3O4S. The number of aromatic carboxylic acids is 1. The smallest absolute Gasteiger partial charge is 0.338 e. The molecule has 47 heavy (non-hydrogen) atoms. The van der Waals surface area contributed by atoms with Gasteiger partial charge in [-0.2, -0.15) is 5.26 Å². The Bertz CT molecular complexity index is 2390. The van der Waals surface area contributed by atoms with Gasteiger partial charge in [0.05, 0.1) is 33.3 Å². The normalized spacial score (nSPS) is 11.6. The van der Waals surface area contributed by atoms with Gasteiger partial charge in [0.15, 0.2) is 0 Å². The molecule has 0 atom stereocenters. The SMILES string of the molecule is N#Cc1ccncc1-c1c(-c2cccc(-c3cc(F)c(C(=O)O)cc3Cl)c2)n(S(=O)(=O)c2ccc(C(F)F)cc2)c2ccc(F)cc12. The van der Waals surface area contributed by atoms with Crippen LogP contribution in [-0.4, -0.2) is 28.5 Å². The summed E-state index contributed by atoms with van der Waals surface area (Å²) in [5.41, 5.74) is -0.167. The van der Waals surface area contributed by atoms with Crippen molar-refractivity contribution in [3.05, 3.63) is 131 Å². The first-order chi connectivity index (χ1) is 22.4. The molecule has 0 unspecified atom stereocenters. The van der Waals surface area contributed by atoms with Gasteiger partial charge in [-0.05, 0) is 60.2 Å². The molecule has 234 valence electrons. The van der Waals surface area contributed by atoms with Gasteiger partial charge in [-0.3, -0.25) is 4.98 Å². The molecule has 0 aliphatic heterocycles. The maximum atomic E-state index is 14.9. The van der Waals surface area contributed by atoms with Crippen LogP contribution in [0.25, 0.3) is 44.4 Å². The highest BCUT2D eigenvalue weighted by Crippen LogP contribution is 2.45. The van der Waals surface area contributed by atoms with Crippen molar-refractivity contribution in [1.82, 2.24) is 8.96 Å². The molecule has 0 aliphatic rings. The number of carboxylic acid groups (broad SMARTS) is 1. The number of benzene rings is 4. The van der Waals surface area contributed by atoms with Crippen LogP contribution in [0.4, 0.5) is 17.6 Å². The van der Waals surface area contributed by atoms with E-state index in [1.807, 2.05) is 6.07 Å². The van der Waals surface area contributed by atoms with E-state index in [2.05, 4.69) is 4.98 Å². The van der Waals surface area contributed by atoms with E-state index in [4.69, 9.17) is 11.6 Å². The van der Waals surface area contributed by atoms with E-state index in [0.717, 1.165) is 52.5 Å². The average Bonchev–Trinajstić information content (AvgIpc) is 3.40. The number of hydrogen-bond donors (Lipinski definition) is 1. The van der Waals surface area contributed by atoms with Gasteiger partial charge in [-0.15, -0.1) is 0 Å². The van der Waals surface area contributed by atoms with Gasteiger partial charge in [0, 0.05) is 50.6 Å². The number of pyridine rings is 1. The van der Waals surface area contributed by atoms with E-state index in [0.29, 0.717) is 0 Å². The second-order valence-corrected chi connectivity index (χ2v) is 12.4. The van der Waals surface area contributed by atoms with Crippen molar-refractivity contribution < 1.29 is 35.9 Å². The van der Waals surface area contributed by atoms with Gasteiger partial charge < -0.3 is 5.11 Å². The molecule has 13 heteroatoms. The number of aromatic nitrogens is 2. The molecule has 0 spiro atoms. The highest BCUT2D eigenvalue weighted by Gasteiger charge is 2.30. The molecule has 2 aromatic heterocycles. The molecule has 6 aromatic rings. The third-order valence-electron chi connectivity index (χ3n) is 7.50. The highest BCUT2D eigenvalue weighted by atomic mass is 35.5. The van der Waals surface area contributed by atoms with Crippen LogP contribution < -0.4 is 0 Å². The number of fused-ring (bicyclic) bond motifs is 1. The van der Waals surface area contributed by atoms with Crippen molar-refractivity contribution in [2.45, 2.75) is 11.3 Å². The van der Waals surface area contributed by atoms with Crippen LogP contribution in [0.15, 0.2) is 102 Å². The Hall–Kier alpha value is -5.51. The van der Waals surface area contributed by atoms with Crippen molar-refractivity contribution in [3.63, 3.8) is 0 Å². The van der Waals surface area contributed by atoms with Gasteiger partial charge >= 0.3 is 5.97 Å². The van der Waals surface area contributed by atoms with Crippen molar-refractivity contribution in [2.24, 2.45) is 0 Å². The molecule has 0 amide bonds.